The first-order chi connectivity index (χ1) is 16.4. The molecule has 0 unspecified atom stereocenters. The van der Waals surface area contributed by atoms with Crippen LogP contribution in [0.2, 0.25) is 0 Å². The van der Waals surface area contributed by atoms with E-state index in [0.717, 1.165) is 54.6 Å². The number of anilines is 3. The topological polar surface area (TPSA) is 89.0 Å². The molecule has 3 aliphatic rings. The maximum atomic E-state index is 12.4. The molecule has 5 rings (SSSR count). The smallest absolute Gasteiger partial charge is 0.410 e. The molecule has 9 heteroatoms. The normalized spacial score (nSPS) is 18.8. The van der Waals surface area contributed by atoms with Crippen LogP contribution in [0.4, 0.5) is 22.1 Å². The van der Waals surface area contributed by atoms with E-state index in [2.05, 4.69) is 32.3 Å². The van der Waals surface area contributed by atoms with E-state index in [0.29, 0.717) is 38.8 Å². The fourth-order valence-electron chi connectivity index (χ4n) is 4.72. The van der Waals surface area contributed by atoms with E-state index in [4.69, 9.17) is 14.2 Å². The molecule has 1 aromatic heterocycles. The molecule has 9 nitrogen and oxygen atoms in total. The van der Waals surface area contributed by atoms with Gasteiger partial charge in [0, 0.05) is 26.2 Å². The summed E-state index contributed by atoms with van der Waals surface area (Å²) in [4.78, 5) is 25.5. The van der Waals surface area contributed by atoms with E-state index in [-0.39, 0.29) is 6.09 Å². The van der Waals surface area contributed by atoms with E-state index in [1.54, 1.807) is 6.33 Å². The fraction of sp³-hybridized carbons (Fsp3) is 0.560. The van der Waals surface area contributed by atoms with Gasteiger partial charge in [-0.15, -0.1) is 0 Å². The highest BCUT2D eigenvalue weighted by Gasteiger charge is 2.29. The van der Waals surface area contributed by atoms with Gasteiger partial charge in [0.2, 0.25) is 0 Å². The van der Waals surface area contributed by atoms with Crippen LogP contribution in [0.5, 0.6) is 5.75 Å². The molecule has 4 heterocycles. The molecular weight excluding hydrogens is 434 g/mol. The van der Waals surface area contributed by atoms with Gasteiger partial charge < -0.3 is 29.3 Å². The van der Waals surface area contributed by atoms with Gasteiger partial charge in [-0.2, -0.15) is 0 Å². The molecule has 1 amide bonds. The number of nitrogens with one attached hydrogen (secondary N) is 1. The van der Waals surface area contributed by atoms with Crippen molar-refractivity contribution in [2.75, 3.05) is 49.6 Å². The van der Waals surface area contributed by atoms with Crippen molar-refractivity contribution in [2.24, 2.45) is 0 Å². The van der Waals surface area contributed by atoms with Crippen LogP contribution in [0, 0.1) is 0 Å². The number of ether oxygens (including phenoxy) is 3. The molecule has 1 N–H and O–H groups in total. The van der Waals surface area contributed by atoms with Crippen molar-refractivity contribution < 1.29 is 19.0 Å². The summed E-state index contributed by atoms with van der Waals surface area (Å²) in [7, 11) is 0. The van der Waals surface area contributed by atoms with Crippen LogP contribution in [-0.2, 0) is 16.1 Å². The van der Waals surface area contributed by atoms with Gasteiger partial charge in [0.25, 0.3) is 0 Å². The number of fused-ring (bicyclic) bond motifs is 2. The molecule has 2 aromatic rings. The van der Waals surface area contributed by atoms with Crippen LogP contribution < -0.4 is 15.0 Å². The van der Waals surface area contributed by atoms with Crippen LogP contribution in [0.25, 0.3) is 0 Å². The van der Waals surface area contributed by atoms with Gasteiger partial charge in [-0.05, 0) is 57.2 Å². The highest BCUT2D eigenvalue weighted by molar-refractivity contribution is 5.72. The maximum absolute atomic E-state index is 12.4. The van der Waals surface area contributed by atoms with Crippen molar-refractivity contribution in [1.29, 1.82) is 0 Å². The number of rotatable bonds is 2. The Morgan fingerprint density at radius 3 is 2.62 bits per heavy atom. The van der Waals surface area contributed by atoms with Gasteiger partial charge in [-0.1, -0.05) is 6.07 Å². The quantitative estimate of drug-likeness (QED) is 0.707. The van der Waals surface area contributed by atoms with Gasteiger partial charge >= 0.3 is 6.09 Å². The highest BCUT2D eigenvalue weighted by atomic mass is 16.6. The number of benzene rings is 1. The summed E-state index contributed by atoms with van der Waals surface area (Å²) >= 11 is 0. The number of hydrogen-bond donors (Lipinski definition) is 1. The predicted molar refractivity (Wildman–Crippen MR) is 129 cm³/mol. The molecule has 0 radical (unpaired) electrons. The fourth-order valence-corrected chi connectivity index (χ4v) is 4.72. The van der Waals surface area contributed by atoms with E-state index in [1.807, 2.05) is 31.7 Å². The minimum absolute atomic E-state index is 0.227. The van der Waals surface area contributed by atoms with Crippen molar-refractivity contribution in [3.63, 3.8) is 0 Å². The van der Waals surface area contributed by atoms with Crippen LogP contribution in [0.1, 0.15) is 50.7 Å². The molecule has 1 aromatic carbocycles. The van der Waals surface area contributed by atoms with Gasteiger partial charge in [0.15, 0.2) is 0 Å². The first-order valence-electron chi connectivity index (χ1n) is 12.1. The lowest BCUT2D eigenvalue weighted by molar-refractivity contribution is 0.0205. The summed E-state index contributed by atoms with van der Waals surface area (Å²) in [6, 6.07) is 6.33. The number of hydrogen-bond acceptors (Lipinski definition) is 8. The molecule has 3 aliphatic heterocycles. The Morgan fingerprint density at radius 2 is 1.88 bits per heavy atom. The zero-order valence-corrected chi connectivity index (χ0v) is 20.2. The number of nitrogens with zero attached hydrogens (tertiary/aromatic N) is 4. The Hall–Kier alpha value is -3.07. The number of carbonyl (C=O) groups excluding carboxylic acids is 1. The summed E-state index contributed by atoms with van der Waals surface area (Å²) < 4.78 is 17.2. The van der Waals surface area contributed by atoms with Gasteiger partial charge in [-0.25, -0.2) is 14.8 Å². The summed E-state index contributed by atoms with van der Waals surface area (Å²) in [5.41, 5.74) is 2.65. The summed E-state index contributed by atoms with van der Waals surface area (Å²) in [6.07, 6.45) is 3.19. The first kappa shape index (κ1) is 22.7. The van der Waals surface area contributed by atoms with E-state index < -0.39 is 5.60 Å². The summed E-state index contributed by atoms with van der Waals surface area (Å²) in [5, 5.41) is 3.50. The second-order valence-corrected chi connectivity index (χ2v) is 10.0. The number of carbonyl (C=O) groups is 1. The number of amides is 1. The highest BCUT2D eigenvalue weighted by Crippen LogP contribution is 2.39. The van der Waals surface area contributed by atoms with Crippen molar-refractivity contribution in [2.45, 2.75) is 51.7 Å². The van der Waals surface area contributed by atoms with Crippen LogP contribution in [0.3, 0.4) is 0 Å². The third-order valence-corrected chi connectivity index (χ3v) is 6.48. The van der Waals surface area contributed by atoms with Crippen molar-refractivity contribution >= 4 is 23.4 Å². The lowest BCUT2D eigenvalue weighted by Gasteiger charge is -2.33. The van der Waals surface area contributed by atoms with Gasteiger partial charge in [-0.3, -0.25) is 0 Å². The molecule has 0 saturated carbocycles. The monoisotopic (exact) mass is 467 g/mol. The molecule has 0 aliphatic carbocycles. The number of morpholine rings is 1. The molecule has 0 atom stereocenters. The largest absolute Gasteiger partial charge is 0.486 e. The van der Waals surface area contributed by atoms with E-state index >= 15 is 0 Å². The first-order valence-corrected chi connectivity index (χ1v) is 12.1. The van der Waals surface area contributed by atoms with Crippen molar-refractivity contribution in [1.82, 2.24) is 14.9 Å². The van der Waals surface area contributed by atoms with E-state index in [1.165, 1.54) is 5.56 Å². The second kappa shape index (κ2) is 9.29. The Balaban J connectivity index is 1.30. The number of aromatic nitrogens is 2. The van der Waals surface area contributed by atoms with Crippen LogP contribution in [-0.4, -0.2) is 66.0 Å². The Kier molecular flexibility index (Phi) is 6.20. The molecule has 0 bridgehead atoms. The average Bonchev–Trinajstić information content (AvgIpc) is 3.02. The molecular formula is C25H33N5O4. The second-order valence-electron chi connectivity index (χ2n) is 10.0. The SMILES string of the molecule is CC(C)(C)OC(=O)N1CCC(c2ccc3c(c2)Nc2ncnc(N4CCOCC4)c2CO3)CC1. The Labute approximate surface area is 200 Å². The zero-order chi connectivity index (χ0) is 23.7. The maximum Gasteiger partial charge on any atom is 0.410 e. The molecule has 2 saturated heterocycles. The van der Waals surface area contributed by atoms with Crippen molar-refractivity contribution in [3.8, 4) is 5.75 Å². The lowest BCUT2D eigenvalue weighted by atomic mass is 9.89. The summed E-state index contributed by atoms with van der Waals surface area (Å²) in [6.45, 7) is 10.5. The van der Waals surface area contributed by atoms with Crippen LogP contribution >= 0.6 is 0 Å². The molecule has 182 valence electrons. The average molecular weight is 468 g/mol. The molecule has 2 fully saturated rings. The Bertz CT molecular complexity index is 1040. The Morgan fingerprint density at radius 1 is 1.12 bits per heavy atom. The minimum Gasteiger partial charge on any atom is -0.486 e. The van der Waals surface area contributed by atoms with Gasteiger partial charge in [0.05, 0.1) is 24.5 Å². The number of likely N-dealkylation sites (tertiary alicyclic amines) is 1. The van der Waals surface area contributed by atoms with Crippen LogP contribution in [0.15, 0.2) is 24.5 Å². The molecule has 0 spiro atoms. The summed E-state index contributed by atoms with van der Waals surface area (Å²) in [5.74, 6) is 2.87. The van der Waals surface area contributed by atoms with E-state index in [9.17, 15) is 4.79 Å². The minimum atomic E-state index is -0.474. The predicted octanol–water partition coefficient (Wildman–Crippen LogP) is 4.06. The number of piperidine rings is 1. The molecule has 34 heavy (non-hydrogen) atoms. The third-order valence-electron chi connectivity index (χ3n) is 6.48. The zero-order valence-electron chi connectivity index (χ0n) is 20.2. The lowest BCUT2D eigenvalue weighted by Crippen LogP contribution is -2.41. The standard InChI is InChI=1S/C25H33N5O4/c1-25(2,3)34-24(31)30-8-6-17(7-9-30)18-4-5-21-20(14-18)28-22-19(15-33-21)23(27-16-26-22)29-10-12-32-13-11-29/h4-5,14,16-17H,6-13,15H2,1-3H3,(H,26,27,28). The van der Waals surface area contributed by atoms with Crippen molar-refractivity contribution in [3.05, 3.63) is 35.7 Å². The third kappa shape index (κ3) is 4.89. The van der Waals surface area contributed by atoms with Gasteiger partial charge in [0.1, 0.15) is 35.9 Å².